The molecule has 1 aliphatic heterocycles. The molecule has 1 saturated heterocycles. The molecule has 6 nitrogen and oxygen atoms in total. The molecular weight excluding hydrogens is 260 g/mol. The fraction of sp³-hybridized carbons (Fsp3) is 0.571. The van der Waals surface area contributed by atoms with Gasteiger partial charge in [-0.05, 0) is 19.4 Å². The van der Waals surface area contributed by atoms with Gasteiger partial charge in [0.2, 0.25) is 11.8 Å². The van der Waals surface area contributed by atoms with Gasteiger partial charge in [0.05, 0.1) is 13.2 Å². The lowest BCUT2D eigenvalue weighted by molar-refractivity contribution is -0.126. The quantitative estimate of drug-likeness (QED) is 0.844. The second-order valence-electron chi connectivity index (χ2n) is 4.53. The Kier molecular flexibility index (Phi) is 5.31. The molecule has 0 aliphatic carbocycles. The Hall–Kier alpha value is -1.66. The van der Waals surface area contributed by atoms with Gasteiger partial charge in [0.15, 0.2) is 0 Å². The number of pyridine rings is 1. The van der Waals surface area contributed by atoms with Crippen molar-refractivity contribution in [1.29, 1.82) is 0 Å². The van der Waals surface area contributed by atoms with Crippen LogP contribution in [0.3, 0.4) is 0 Å². The van der Waals surface area contributed by atoms with Crippen LogP contribution in [0.5, 0.6) is 5.88 Å². The van der Waals surface area contributed by atoms with E-state index in [4.69, 9.17) is 14.2 Å². The van der Waals surface area contributed by atoms with Crippen LogP contribution in [0.2, 0.25) is 0 Å². The van der Waals surface area contributed by atoms with E-state index in [1.807, 2.05) is 13.0 Å². The molecule has 1 amide bonds. The van der Waals surface area contributed by atoms with Crippen LogP contribution < -0.4 is 10.1 Å². The molecule has 2 atom stereocenters. The van der Waals surface area contributed by atoms with Crippen LogP contribution >= 0.6 is 0 Å². The minimum Gasteiger partial charge on any atom is -0.481 e. The molecule has 1 N–H and O–H groups in total. The molecule has 0 saturated carbocycles. The minimum atomic E-state index is -0.168. The zero-order chi connectivity index (χ0) is 14.4. The van der Waals surface area contributed by atoms with Gasteiger partial charge >= 0.3 is 0 Å². The van der Waals surface area contributed by atoms with E-state index in [1.54, 1.807) is 19.4 Å². The summed E-state index contributed by atoms with van der Waals surface area (Å²) in [5.41, 5.74) is 0.935. The maximum atomic E-state index is 11.7. The zero-order valence-corrected chi connectivity index (χ0v) is 11.8. The first kappa shape index (κ1) is 14.7. The van der Waals surface area contributed by atoms with Gasteiger partial charge in [0.25, 0.3) is 0 Å². The molecule has 1 fully saturated rings. The van der Waals surface area contributed by atoms with Gasteiger partial charge in [-0.15, -0.1) is 0 Å². The van der Waals surface area contributed by atoms with E-state index in [1.165, 1.54) is 0 Å². The zero-order valence-electron chi connectivity index (χ0n) is 11.8. The summed E-state index contributed by atoms with van der Waals surface area (Å²) in [6.07, 6.45) is 2.34. The van der Waals surface area contributed by atoms with Crippen molar-refractivity contribution in [3.05, 3.63) is 23.9 Å². The average molecular weight is 280 g/mol. The molecule has 6 heteroatoms. The Morgan fingerprint density at radius 2 is 2.40 bits per heavy atom. The molecule has 0 spiro atoms. The number of amides is 1. The third-order valence-electron chi connectivity index (χ3n) is 3.17. The lowest BCUT2D eigenvalue weighted by atomic mass is 10.0. The maximum absolute atomic E-state index is 11.7. The Labute approximate surface area is 118 Å². The van der Waals surface area contributed by atoms with Gasteiger partial charge in [0, 0.05) is 31.0 Å². The van der Waals surface area contributed by atoms with E-state index >= 15 is 0 Å². The van der Waals surface area contributed by atoms with E-state index in [2.05, 4.69) is 10.3 Å². The fourth-order valence-corrected chi connectivity index (χ4v) is 2.19. The van der Waals surface area contributed by atoms with Crippen molar-refractivity contribution >= 4 is 5.91 Å². The summed E-state index contributed by atoms with van der Waals surface area (Å²) >= 11 is 0. The predicted octanol–water partition coefficient (Wildman–Crippen LogP) is 1.07. The molecule has 1 aromatic rings. The Balaban J connectivity index is 1.97. The highest BCUT2D eigenvalue weighted by atomic mass is 16.5. The van der Waals surface area contributed by atoms with Crippen LogP contribution in [0.1, 0.15) is 25.0 Å². The topological polar surface area (TPSA) is 69.7 Å². The molecule has 0 radical (unpaired) electrons. The monoisotopic (exact) mass is 280 g/mol. The largest absolute Gasteiger partial charge is 0.481 e. The third kappa shape index (κ3) is 3.68. The highest BCUT2D eigenvalue weighted by Gasteiger charge is 2.31. The molecule has 110 valence electrons. The summed E-state index contributed by atoms with van der Waals surface area (Å²) < 4.78 is 15.8. The number of methoxy groups -OCH3 is 1. The van der Waals surface area contributed by atoms with Crippen molar-refractivity contribution in [1.82, 2.24) is 10.3 Å². The molecule has 1 aromatic heterocycles. The Morgan fingerprint density at radius 3 is 3.05 bits per heavy atom. The van der Waals surface area contributed by atoms with E-state index in [0.717, 1.165) is 12.0 Å². The molecule has 2 heterocycles. The van der Waals surface area contributed by atoms with Gasteiger partial charge in [0.1, 0.15) is 12.7 Å². The number of nitrogens with zero attached hydrogens (tertiary/aromatic N) is 1. The molecule has 1 aliphatic rings. The van der Waals surface area contributed by atoms with Crippen LogP contribution in [0.15, 0.2) is 18.3 Å². The fourth-order valence-electron chi connectivity index (χ4n) is 2.19. The number of hydrogen-bond acceptors (Lipinski definition) is 5. The molecule has 20 heavy (non-hydrogen) atoms. The standard InChI is InChI=1S/C14H20N2O4/c1-3-19-9-12(17)16-11-6-7-20-14(11)10-4-5-13(18-2)15-8-10/h4-5,8,11,14H,3,6-7,9H2,1-2H3,(H,16,17)/t11-,14+/m0/s1. The van der Waals surface area contributed by atoms with Crippen LogP contribution in [0.25, 0.3) is 0 Å². The lowest BCUT2D eigenvalue weighted by Crippen LogP contribution is -2.39. The highest BCUT2D eigenvalue weighted by Crippen LogP contribution is 2.29. The van der Waals surface area contributed by atoms with Crippen molar-refractivity contribution in [2.24, 2.45) is 0 Å². The normalized spacial score (nSPS) is 21.7. The summed E-state index contributed by atoms with van der Waals surface area (Å²) in [7, 11) is 1.57. The Morgan fingerprint density at radius 1 is 1.55 bits per heavy atom. The van der Waals surface area contributed by atoms with Gasteiger partial charge in [-0.25, -0.2) is 4.98 Å². The number of ether oxygens (including phenoxy) is 3. The van der Waals surface area contributed by atoms with Crippen molar-refractivity contribution in [3.63, 3.8) is 0 Å². The van der Waals surface area contributed by atoms with Crippen LogP contribution in [-0.2, 0) is 14.3 Å². The van der Waals surface area contributed by atoms with Crippen LogP contribution in [0, 0.1) is 0 Å². The number of carbonyl (C=O) groups excluding carboxylic acids is 1. The van der Waals surface area contributed by atoms with E-state index in [9.17, 15) is 4.79 Å². The Bertz CT molecular complexity index is 435. The third-order valence-corrected chi connectivity index (χ3v) is 3.17. The van der Waals surface area contributed by atoms with Gasteiger partial charge < -0.3 is 19.5 Å². The number of rotatable bonds is 6. The second kappa shape index (κ2) is 7.21. The van der Waals surface area contributed by atoms with E-state index in [0.29, 0.717) is 19.1 Å². The molecule has 0 bridgehead atoms. The lowest BCUT2D eigenvalue weighted by Gasteiger charge is -2.20. The van der Waals surface area contributed by atoms with Crippen LogP contribution in [-0.4, -0.2) is 43.9 Å². The number of hydrogen-bond donors (Lipinski definition) is 1. The van der Waals surface area contributed by atoms with Crippen molar-refractivity contribution < 1.29 is 19.0 Å². The molecule has 0 aromatic carbocycles. The summed E-state index contributed by atoms with van der Waals surface area (Å²) in [6, 6.07) is 3.65. The second-order valence-corrected chi connectivity index (χ2v) is 4.53. The SMILES string of the molecule is CCOCC(=O)N[C@H]1CCO[C@@H]1c1ccc(OC)nc1. The predicted molar refractivity (Wildman–Crippen MR) is 72.5 cm³/mol. The smallest absolute Gasteiger partial charge is 0.246 e. The molecule has 2 rings (SSSR count). The van der Waals surface area contributed by atoms with Crippen LogP contribution in [0.4, 0.5) is 0 Å². The average Bonchev–Trinajstić information content (AvgIpc) is 2.93. The number of nitrogens with one attached hydrogen (secondary N) is 1. The maximum Gasteiger partial charge on any atom is 0.246 e. The van der Waals surface area contributed by atoms with Gasteiger partial charge in [-0.3, -0.25) is 4.79 Å². The summed E-state index contributed by atoms with van der Waals surface area (Å²) in [5.74, 6) is 0.442. The summed E-state index contributed by atoms with van der Waals surface area (Å²) in [5, 5.41) is 2.94. The molecular formula is C14H20N2O4. The molecule has 0 unspecified atom stereocenters. The minimum absolute atomic E-state index is 0.0434. The first-order chi connectivity index (χ1) is 9.74. The van der Waals surface area contributed by atoms with E-state index in [-0.39, 0.29) is 24.7 Å². The van der Waals surface area contributed by atoms with Crippen molar-refractivity contribution in [2.45, 2.75) is 25.5 Å². The summed E-state index contributed by atoms with van der Waals surface area (Å²) in [6.45, 7) is 3.09. The highest BCUT2D eigenvalue weighted by molar-refractivity contribution is 5.77. The van der Waals surface area contributed by atoms with Gasteiger partial charge in [-0.2, -0.15) is 0 Å². The first-order valence-electron chi connectivity index (χ1n) is 6.73. The number of carbonyl (C=O) groups is 1. The van der Waals surface area contributed by atoms with Crippen molar-refractivity contribution in [2.75, 3.05) is 26.9 Å². The van der Waals surface area contributed by atoms with Crippen molar-refractivity contribution in [3.8, 4) is 5.88 Å². The van der Waals surface area contributed by atoms with Gasteiger partial charge in [-0.1, -0.05) is 0 Å². The van der Waals surface area contributed by atoms with E-state index < -0.39 is 0 Å². The summed E-state index contributed by atoms with van der Waals surface area (Å²) in [4.78, 5) is 15.9. The number of aromatic nitrogens is 1. The first-order valence-corrected chi connectivity index (χ1v) is 6.73.